The van der Waals surface area contributed by atoms with Gasteiger partial charge in [0.15, 0.2) is 0 Å². The van der Waals surface area contributed by atoms with Gasteiger partial charge in [-0.15, -0.1) is 0 Å². The maximum absolute atomic E-state index is 12.8. The number of esters is 1. The van der Waals surface area contributed by atoms with Crippen LogP contribution in [-0.2, 0) is 32.7 Å². The van der Waals surface area contributed by atoms with Crippen molar-refractivity contribution in [2.24, 2.45) is 0 Å². The second kappa shape index (κ2) is 11.1. The first-order chi connectivity index (χ1) is 16.2. The molecule has 3 aromatic carbocycles. The van der Waals surface area contributed by atoms with Crippen LogP contribution in [0.25, 0.3) is 11.1 Å². The first-order valence-corrected chi connectivity index (χ1v) is 11.9. The van der Waals surface area contributed by atoms with E-state index in [1.807, 2.05) is 36.4 Å². The van der Waals surface area contributed by atoms with Crippen LogP contribution in [0.3, 0.4) is 0 Å². The van der Waals surface area contributed by atoms with Gasteiger partial charge in [0.25, 0.3) is 0 Å². The average molecular weight is 458 g/mol. The molecule has 0 saturated heterocycles. The summed E-state index contributed by atoms with van der Waals surface area (Å²) in [5, 5.41) is 0. The summed E-state index contributed by atoms with van der Waals surface area (Å²) < 4.78 is 4.72. The Morgan fingerprint density at radius 3 is 1.82 bits per heavy atom. The zero-order valence-electron chi connectivity index (χ0n) is 20.9. The predicted molar refractivity (Wildman–Crippen MR) is 139 cm³/mol. The summed E-state index contributed by atoms with van der Waals surface area (Å²) >= 11 is 0. The first kappa shape index (κ1) is 25.2. The third-order valence-corrected chi connectivity index (χ3v) is 6.05. The Bertz CT molecular complexity index is 1090. The molecular weight excluding hydrogens is 422 g/mol. The minimum Gasteiger partial charge on any atom is -0.462 e. The number of rotatable bonds is 7. The third-order valence-electron chi connectivity index (χ3n) is 6.05. The Hall–Kier alpha value is -3.40. The van der Waals surface area contributed by atoms with Crippen molar-refractivity contribution in [2.45, 2.75) is 58.9 Å². The highest BCUT2D eigenvalue weighted by atomic mass is 16.5. The molecule has 1 amide bonds. The average Bonchev–Trinajstić information content (AvgIpc) is 2.85. The van der Waals surface area contributed by atoms with E-state index in [2.05, 4.69) is 64.1 Å². The van der Waals surface area contributed by atoms with Crippen LogP contribution in [0.4, 0.5) is 5.69 Å². The minimum absolute atomic E-state index is 0.0457. The SMILES string of the molecule is CCCCc1ccc(-c2ccc(N(Cc3ccc(C(C)(C)C)cc3)C(=O)C(=O)OC)cc2)cc1. The summed E-state index contributed by atoms with van der Waals surface area (Å²) in [6, 6.07) is 24.5. The molecule has 0 aromatic heterocycles. The van der Waals surface area contributed by atoms with Gasteiger partial charge in [-0.1, -0.05) is 94.8 Å². The Balaban J connectivity index is 1.83. The van der Waals surface area contributed by atoms with E-state index in [1.165, 1.54) is 36.0 Å². The number of carbonyl (C=O) groups is 2. The van der Waals surface area contributed by atoms with Gasteiger partial charge in [0.05, 0.1) is 13.7 Å². The van der Waals surface area contributed by atoms with Gasteiger partial charge < -0.3 is 4.74 Å². The summed E-state index contributed by atoms with van der Waals surface area (Å²) in [7, 11) is 1.23. The summed E-state index contributed by atoms with van der Waals surface area (Å²) in [6.07, 6.45) is 3.47. The number of hydrogen-bond acceptors (Lipinski definition) is 3. The molecule has 0 spiro atoms. The fourth-order valence-corrected chi connectivity index (χ4v) is 3.85. The van der Waals surface area contributed by atoms with Gasteiger partial charge in [-0.05, 0) is 58.2 Å². The van der Waals surface area contributed by atoms with E-state index in [0.29, 0.717) is 5.69 Å². The van der Waals surface area contributed by atoms with Crippen molar-refractivity contribution < 1.29 is 14.3 Å². The molecule has 0 aliphatic carbocycles. The van der Waals surface area contributed by atoms with Gasteiger partial charge in [-0.3, -0.25) is 9.69 Å². The normalized spacial score (nSPS) is 11.2. The number of ether oxygens (including phenoxy) is 1. The Morgan fingerprint density at radius 1 is 0.794 bits per heavy atom. The summed E-state index contributed by atoms with van der Waals surface area (Å²) in [4.78, 5) is 26.4. The molecule has 3 aromatic rings. The van der Waals surface area contributed by atoms with Crippen molar-refractivity contribution in [1.82, 2.24) is 0 Å². The number of amides is 1. The van der Waals surface area contributed by atoms with Gasteiger partial charge >= 0.3 is 11.9 Å². The van der Waals surface area contributed by atoms with E-state index in [9.17, 15) is 9.59 Å². The highest BCUT2D eigenvalue weighted by Gasteiger charge is 2.24. The Kier molecular flexibility index (Phi) is 8.27. The van der Waals surface area contributed by atoms with Crippen LogP contribution >= 0.6 is 0 Å². The molecule has 0 radical (unpaired) electrons. The van der Waals surface area contributed by atoms with Gasteiger partial charge in [-0.25, -0.2) is 4.79 Å². The van der Waals surface area contributed by atoms with Crippen molar-refractivity contribution >= 4 is 17.6 Å². The largest absolute Gasteiger partial charge is 0.462 e. The maximum atomic E-state index is 12.8. The van der Waals surface area contributed by atoms with Crippen molar-refractivity contribution in [3.8, 4) is 11.1 Å². The Labute approximate surface area is 203 Å². The number of aryl methyl sites for hydroxylation is 1. The van der Waals surface area contributed by atoms with E-state index in [4.69, 9.17) is 4.74 Å². The molecule has 0 heterocycles. The predicted octanol–water partition coefficient (Wildman–Crippen LogP) is 6.70. The molecule has 4 nitrogen and oxygen atoms in total. The third kappa shape index (κ3) is 6.34. The standard InChI is InChI=1S/C30H35NO3/c1-6-7-8-22-9-13-24(14-10-22)25-15-19-27(20-16-25)31(28(32)29(33)34-5)21-23-11-17-26(18-12-23)30(2,3)4/h9-20H,6-8,21H2,1-5H3. The van der Waals surface area contributed by atoms with E-state index in [1.54, 1.807) is 0 Å². The summed E-state index contributed by atoms with van der Waals surface area (Å²) in [5.41, 5.74) is 6.38. The lowest BCUT2D eigenvalue weighted by Gasteiger charge is -2.23. The van der Waals surface area contributed by atoms with Crippen LogP contribution in [-0.4, -0.2) is 19.0 Å². The van der Waals surface area contributed by atoms with E-state index in [0.717, 1.165) is 23.1 Å². The molecular formula is C30H35NO3. The molecule has 3 rings (SSSR count). The van der Waals surface area contributed by atoms with Crippen LogP contribution in [0, 0.1) is 0 Å². The molecule has 4 heteroatoms. The van der Waals surface area contributed by atoms with Crippen LogP contribution in [0.5, 0.6) is 0 Å². The second-order valence-electron chi connectivity index (χ2n) is 9.68. The topological polar surface area (TPSA) is 46.6 Å². The van der Waals surface area contributed by atoms with Crippen molar-refractivity contribution in [1.29, 1.82) is 0 Å². The quantitative estimate of drug-likeness (QED) is 0.293. The molecule has 178 valence electrons. The number of hydrogen-bond donors (Lipinski definition) is 0. The highest BCUT2D eigenvalue weighted by Crippen LogP contribution is 2.27. The smallest absolute Gasteiger partial charge is 0.397 e. The monoisotopic (exact) mass is 457 g/mol. The molecule has 0 saturated carbocycles. The summed E-state index contributed by atoms with van der Waals surface area (Å²) in [6.45, 7) is 8.97. The first-order valence-electron chi connectivity index (χ1n) is 11.9. The van der Waals surface area contributed by atoms with E-state index in [-0.39, 0.29) is 12.0 Å². The number of benzene rings is 3. The molecule has 0 fully saturated rings. The van der Waals surface area contributed by atoms with Crippen LogP contribution < -0.4 is 4.90 Å². The highest BCUT2D eigenvalue weighted by molar-refractivity contribution is 6.38. The molecule has 0 bridgehead atoms. The number of anilines is 1. The van der Waals surface area contributed by atoms with Crippen LogP contribution in [0.15, 0.2) is 72.8 Å². The molecule has 0 aliphatic heterocycles. The van der Waals surface area contributed by atoms with Crippen LogP contribution in [0.1, 0.15) is 57.2 Å². The summed E-state index contributed by atoms with van der Waals surface area (Å²) in [5.74, 6) is -1.56. The van der Waals surface area contributed by atoms with Crippen molar-refractivity contribution in [3.63, 3.8) is 0 Å². The molecule has 0 atom stereocenters. The fraction of sp³-hybridized carbons (Fsp3) is 0.333. The molecule has 0 unspecified atom stereocenters. The maximum Gasteiger partial charge on any atom is 0.397 e. The zero-order valence-corrected chi connectivity index (χ0v) is 20.9. The van der Waals surface area contributed by atoms with E-state index < -0.39 is 11.9 Å². The van der Waals surface area contributed by atoms with Gasteiger partial charge in [-0.2, -0.15) is 0 Å². The fourth-order valence-electron chi connectivity index (χ4n) is 3.85. The number of unbranched alkanes of at least 4 members (excludes halogenated alkanes) is 1. The lowest BCUT2D eigenvalue weighted by molar-refractivity contribution is -0.151. The van der Waals surface area contributed by atoms with Crippen LogP contribution in [0.2, 0.25) is 0 Å². The zero-order chi connectivity index (χ0) is 24.7. The molecule has 0 N–H and O–H groups in total. The second-order valence-corrected chi connectivity index (χ2v) is 9.68. The minimum atomic E-state index is -0.877. The van der Waals surface area contributed by atoms with Crippen molar-refractivity contribution in [3.05, 3.63) is 89.5 Å². The van der Waals surface area contributed by atoms with Gasteiger partial charge in [0.2, 0.25) is 0 Å². The lowest BCUT2D eigenvalue weighted by atomic mass is 9.87. The van der Waals surface area contributed by atoms with Gasteiger partial charge in [0.1, 0.15) is 0 Å². The number of nitrogens with zero attached hydrogens (tertiary/aromatic N) is 1. The Morgan fingerprint density at radius 2 is 1.32 bits per heavy atom. The number of methoxy groups -OCH3 is 1. The molecule has 34 heavy (non-hydrogen) atoms. The van der Waals surface area contributed by atoms with E-state index >= 15 is 0 Å². The molecule has 0 aliphatic rings. The van der Waals surface area contributed by atoms with Crippen molar-refractivity contribution in [2.75, 3.05) is 12.0 Å². The lowest BCUT2D eigenvalue weighted by Crippen LogP contribution is -2.36. The number of carbonyl (C=O) groups excluding carboxylic acids is 2. The van der Waals surface area contributed by atoms with Gasteiger partial charge in [0, 0.05) is 5.69 Å².